The summed E-state index contributed by atoms with van der Waals surface area (Å²) >= 11 is 0. The lowest BCUT2D eigenvalue weighted by atomic mass is 9.89. The zero-order valence-electron chi connectivity index (χ0n) is 20.6. The lowest BCUT2D eigenvalue weighted by Gasteiger charge is -2.19. The molecule has 1 aliphatic carbocycles. The summed E-state index contributed by atoms with van der Waals surface area (Å²) in [5.41, 5.74) is 7.59. The number of aryl methyl sites for hydroxylation is 2. The van der Waals surface area contributed by atoms with Gasteiger partial charge in [-0.3, -0.25) is 4.79 Å². The van der Waals surface area contributed by atoms with Gasteiger partial charge < -0.3 is 19.0 Å². The lowest BCUT2D eigenvalue weighted by Crippen LogP contribution is -2.07. The molecule has 0 saturated heterocycles. The fourth-order valence-electron chi connectivity index (χ4n) is 5.78. The highest BCUT2D eigenvalue weighted by molar-refractivity contribution is 5.78. The summed E-state index contributed by atoms with van der Waals surface area (Å²) in [5, 5.41) is 9.14. The first-order valence-electron chi connectivity index (χ1n) is 12.4. The fraction of sp³-hybridized carbons (Fsp3) is 0.267. The van der Waals surface area contributed by atoms with Crippen molar-refractivity contribution in [3.05, 3.63) is 88.6 Å². The van der Waals surface area contributed by atoms with Gasteiger partial charge in [0, 0.05) is 28.7 Å². The number of hydrogen-bond acceptors (Lipinski definition) is 5. The van der Waals surface area contributed by atoms with Crippen molar-refractivity contribution in [1.82, 2.24) is 4.98 Å². The molecule has 3 aromatic carbocycles. The van der Waals surface area contributed by atoms with Gasteiger partial charge in [0.2, 0.25) is 5.89 Å². The van der Waals surface area contributed by atoms with E-state index >= 15 is 4.39 Å². The predicted octanol–water partition coefficient (Wildman–Crippen LogP) is 6.78. The van der Waals surface area contributed by atoms with Gasteiger partial charge in [0.15, 0.2) is 0 Å². The van der Waals surface area contributed by atoms with E-state index < -0.39 is 12.1 Å². The number of aromatic nitrogens is 1. The Kier molecular flexibility index (Phi) is 5.71. The molecule has 0 fully saturated rings. The molecule has 0 saturated carbocycles. The van der Waals surface area contributed by atoms with Crippen molar-refractivity contribution in [1.29, 1.82) is 0 Å². The minimum Gasteiger partial charge on any atom is -0.492 e. The Balaban J connectivity index is 1.31. The maximum absolute atomic E-state index is 15.2. The third-order valence-corrected chi connectivity index (χ3v) is 7.33. The standard InChI is InChI=1S/C30H26FNO5/c1-16-11-18(30-32-9-10-35-30)12-17(2)28(16)22-5-7-24(31)29-23(22)6-8-25(29)37-20-3-4-21-19(13-27(33)34)15-36-26(21)14-20/h3-5,7,9-12,14,19,25H,6,8,13,15H2,1-2H3,(H,33,34). The van der Waals surface area contributed by atoms with Crippen LogP contribution in [0.15, 0.2) is 59.3 Å². The molecule has 2 atom stereocenters. The van der Waals surface area contributed by atoms with Gasteiger partial charge >= 0.3 is 5.97 Å². The predicted molar refractivity (Wildman–Crippen MR) is 135 cm³/mol. The van der Waals surface area contributed by atoms with Crippen LogP contribution in [0.5, 0.6) is 11.5 Å². The van der Waals surface area contributed by atoms with Crippen molar-refractivity contribution in [2.45, 2.75) is 45.1 Å². The topological polar surface area (TPSA) is 81.8 Å². The number of benzene rings is 3. The number of aliphatic carboxylic acids is 1. The third-order valence-electron chi connectivity index (χ3n) is 7.33. The van der Waals surface area contributed by atoms with E-state index in [4.69, 9.17) is 19.0 Å². The van der Waals surface area contributed by atoms with E-state index in [1.807, 2.05) is 18.2 Å². The molecule has 2 unspecified atom stereocenters. The maximum Gasteiger partial charge on any atom is 0.304 e. The smallest absolute Gasteiger partial charge is 0.304 e. The molecule has 7 heteroatoms. The first-order valence-corrected chi connectivity index (χ1v) is 12.4. The molecule has 188 valence electrons. The highest BCUT2D eigenvalue weighted by Crippen LogP contribution is 2.45. The second-order valence-corrected chi connectivity index (χ2v) is 9.76. The summed E-state index contributed by atoms with van der Waals surface area (Å²) < 4.78 is 32.7. The van der Waals surface area contributed by atoms with Crippen molar-refractivity contribution in [2.24, 2.45) is 0 Å². The quantitative estimate of drug-likeness (QED) is 0.315. The summed E-state index contributed by atoms with van der Waals surface area (Å²) in [4.78, 5) is 15.4. The van der Waals surface area contributed by atoms with E-state index in [0.29, 0.717) is 42.4 Å². The van der Waals surface area contributed by atoms with Crippen molar-refractivity contribution < 1.29 is 28.2 Å². The molecule has 6 rings (SSSR count). The molecule has 1 aromatic heterocycles. The van der Waals surface area contributed by atoms with Gasteiger partial charge in [-0.15, -0.1) is 0 Å². The van der Waals surface area contributed by atoms with Crippen LogP contribution in [-0.2, 0) is 11.2 Å². The molecule has 6 nitrogen and oxygen atoms in total. The number of hydrogen-bond donors (Lipinski definition) is 1. The van der Waals surface area contributed by atoms with Crippen LogP contribution in [-0.4, -0.2) is 22.7 Å². The number of nitrogens with zero attached hydrogens (tertiary/aromatic N) is 1. The molecular formula is C30H26FNO5. The summed E-state index contributed by atoms with van der Waals surface area (Å²) in [6.45, 7) is 4.44. The number of rotatable bonds is 6. The van der Waals surface area contributed by atoms with Crippen molar-refractivity contribution in [2.75, 3.05) is 6.61 Å². The van der Waals surface area contributed by atoms with Gasteiger partial charge in [0.1, 0.15) is 29.7 Å². The van der Waals surface area contributed by atoms with E-state index in [0.717, 1.165) is 38.9 Å². The number of carboxylic acids is 1. The van der Waals surface area contributed by atoms with Gasteiger partial charge in [-0.2, -0.15) is 0 Å². The van der Waals surface area contributed by atoms with Gasteiger partial charge in [0.05, 0.1) is 19.2 Å². The maximum atomic E-state index is 15.2. The van der Waals surface area contributed by atoms with E-state index in [2.05, 4.69) is 31.0 Å². The largest absolute Gasteiger partial charge is 0.492 e. The fourth-order valence-corrected chi connectivity index (χ4v) is 5.78. The van der Waals surface area contributed by atoms with Gasteiger partial charge in [-0.1, -0.05) is 12.1 Å². The number of carboxylic acid groups (broad SMARTS) is 1. The number of oxazole rings is 1. The molecule has 0 amide bonds. The summed E-state index contributed by atoms with van der Waals surface area (Å²) in [7, 11) is 0. The Morgan fingerprint density at radius 1 is 1.16 bits per heavy atom. The number of carbonyl (C=O) groups is 1. The normalized spacial score (nSPS) is 17.8. The van der Waals surface area contributed by atoms with Gasteiger partial charge in [-0.05, 0) is 78.8 Å². The molecule has 2 aliphatic rings. The van der Waals surface area contributed by atoms with Crippen molar-refractivity contribution in [3.8, 4) is 34.1 Å². The van der Waals surface area contributed by atoms with Crippen LogP contribution in [0.4, 0.5) is 4.39 Å². The molecular weight excluding hydrogens is 473 g/mol. The first kappa shape index (κ1) is 23.3. The van der Waals surface area contributed by atoms with E-state index in [-0.39, 0.29) is 18.2 Å². The highest BCUT2D eigenvalue weighted by atomic mass is 19.1. The Bertz CT molecular complexity index is 1490. The van der Waals surface area contributed by atoms with Crippen LogP contribution >= 0.6 is 0 Å². The third kappa shape index (κ3) is 4.14. The Labute approximate surface area is 213 Å². The van der Waals surface area contributed by atoms with E-state index in [9.17, 15) is 4.79 Å². The zero-order valence-corrected chi connectivity index (χ0v) is 20.6. The Morgan fingerprint density at radius 2 is 1.97 bits per heavy atom. The second-order valence-electron chi connectivity index (χ2n) is 9.76. The van der Waals surface area contributed by atoms with Gasteiger partial charge in [-0.25, -0.2) is 9.37 Å². The van der Waals surface area contributed by atoms with Crippen LogP contribution < -0.4 is 9.47 Å². The van der Waals surface area contributed by atoms with Crippen molar-refractivity contribution >= 4 is 5.97 Å². The number of ether oxygens (including phenoxy) is 2. The van der Waals surface area contributed by atoms with Crippen LogP contribution in [0.3, 0.4) is 0 Å². The zero-order chi connectivity index (χ0) is 25.7. The summed E-state index contributed by atoms with van der Waals surface area (Å²) in [5.74, 6) is 0.493. The molecule has 0 bridgehead atoms. The lowest BCUT2D eigenvalue weighted by molar-refractivity contribution is -0.137. The molecule has 0 radical (unpaired) electrons. The van der Waals surface area contributed by atoms with Crippen LogP contribution in [0.1, 0.15) is 52.7 Å². The van der Waals surface area contributed by atoms with E-state index in [1.54, 1.807) is 18.5 Å². The number of fused-ring (bicyclic) bond motifs is 2. The van der Waals surface area contributed by atoms with Crippen LogP contribution in [0.25, 0.3) is 22.6 Å². The Morgan fingerprint density at radius 3 is 2.70 bits per heavy atom. The minimum atomic E-state index is -0.853. The molecule has 4 aromatic rings. The summed E-state index contributed by atoms with van der Waals surface area (Å²) in [6, 6.07) is 13.0. The van der Waals surface area contributed by atoms with Crippen LogP contribution in [0, 0.1) is 19.7 Å². The Hall–Kier alpha value is -4.13. The average molecular weight is 500 g/mol. The SMILES string of the molecule is Cc1cc(-c2ncco2)cc(C)c1-c1ccc(F)c2c1CCC2Oc1ccc2c(c1)OCC2CC(=O)O. The van der Waals surface area contributed by atoms with E-state index in [1.165, 1.54) is 6.07 Å². The minimum absolute atomic E-state index is 0.0228. The second kappa shape index (κ2) is 9.07. The summed E-state index contributed by atoms with van der Waals surface area (Å²) in [6.07, 6.45) is 4.15. The average Bonchev–Trinajstić information content (AvgIpc) is 3.61. The molecule has 37 heavy (non-hydrogen) atoms. The monoisotopic (exact) mass is 499 g/mol. The first-order chi connectivity index (χ1) is 17.9. The molecule has 1 aliphatic heterocycles. The van der Waals surface area contributed by atoms with Crippen molar-refractivity contribution in [3.63, 3.8) is 0 Å². The molecule has 1 N–H and O–H groups in total. The highest BCUT2D eigenvalue weighted by Gasteiger charge is 2.32. The van der Waals surface area contributed by atoms with Crippen LogP contribution in [0.2, 0.25) is 0 Å². The molecule has 2 heterocycles. The van der Waals surface area contributed by atoms with Gasteiger partial charge in [0.25, 0.3) is 0 Å². The number of halogens is 1. The molecule has 0 spiro atoms.